The van der Waals surface area contributed by atoms with E-state index in [1.807, 2.05) is 0 Å². The van der Waals surface area contributed by atoms with Crippen LogP contribution in [-0.2, 0) is 17.1 Å². The van der Waals surface area contributed by atoms with E-state index in [0.717, 1.165) is 0 Å². The first-order valence-corrected chi connectivity index (χ1v) is 0. The average molecular weight is 192 g/mol. The molecule has 0 unspecified atom stereocenters. The summed E-state index contributed by atoms with van der Waals surface area (Å²) in [6, 6.07) is 0. The minimum absolute atomic E-state index is 0. The van der Waals surface area contributed by atoms with E-state index in [1.165, 1.54) is 0 Å². The molecule has 0 rings (SSSR count). The molecule has 0 bridgehead atoms. The van der Waals surface area contributed by atoms with Crippen molar-refractivity contribution in [3.8, 4) is 0 Å². The van der Waals surface area contributed by atoms with Crippen molar-refractivity contribution < 1.29 is 17.1 Å². The van der Waals surface area contributed by atoms with Crippen molar-refractivity contribution in [3.63, 3.8) is 0 Å². The van der Waals surface area contributed by atoms with Gasteiger partial charge in [-0.1, -0.05) is 0 Å². The third-order valence-corrected chi connectivity index (χ3v) is 0. The SMILES string of the molecule is [Cu].[NH2-].[NH2-].[NH2-].[NH2-].[NH2-].[NH2-].[NH2-].[NH2-]. The fourth-order valence-electron chi connectivity index (χ4n) is 0. The van der Waals surface area contributed by atoms with Crippen molar-refractivity contribution in [3.05, 3.63) is 49.2 Å². The summed E-state index contributed by atoms with van der Waals surface area (Å²) in [5.41, 5.74) is 0. The molecule has 0 aromatic heterocycles. The maximum absolute atomic E-state index is 0. The Kier molecular flexibility index (Phi) is 18400000. The Morgan fingerprint density at radius 3 is 0.222 bits per heavy atom. The van der Waals surface area contributed by atoms with E-state index in [1.54, 1.807) is 0 Å². The Bertz CT molecular complexity index is 4.53. The van der Waals surface area contributed by atoms with Crippen LogP contribution in [0.5, 0.6) is 0 Å². The monoisotopic (exact) mass is 191 g/mol. The van der Waals surface area contributed by atoms with Crippen LogP contribution in [0.25, 0.3) is 49.2 Å². The Morgan fingerprint density at radius 1 is 0.222 bits per heavy atom. The van der Waals surface area contributed by atoms with Crippen molar-refractivity contribution in [2.75, 3.05) is 0 Å². The van der Waals surface area contributed by atoms with E-state index in [-0.39, 0.29) is 66.3 Å². The van der Waals surface area contributed by atoms with Gasteiger partial charge in [0.2, 0.25) is 0 Å². The summed E-state index contributed by atoms with van der Waals surface area (Å²) in [5.74, 6) is 0. The van der Waals surface area contributed by atoms with Crippen molar-refractivity contribution >= 4 is 0 Å². The van der Waals surface area contributed by atoms with Crippen LogP contribution in [0.2, 0.25) is 0 Å². The molecular formula is H16CuN8-8. The van der Waals surface area contributed by atoms with Gasteiger partial charge in [0.15, 0.2) is 0 Å². The second-order valence-electron chi connectivity index (χ2n) is 0. The molecule has 0 aromatic carbocycles. The predicted molar refractivity (Wildman–Crippen MR) is 42.3 cm³/mol. The fraction of sp³-hybridized carbons (Fsp3) is 0. The molecular weight excluding hydrogens is 176 g/mol. The van der Waals surface area contributed by atoms with Gasteiger partial charge >= 0.3 is 0 Å². The number of rotatable bonds is 0. The standard InChI is InChI=1S/Cu.8H2N/h;8*1H2/q;8*-1. The van der Waals surface area contributed by atoms with Crippen molar-refractivity contribution in [1.82, 2.24) is 0 Å². The first-order valence-electron chi connectivity index (χ1n) is 0. The van der Waals surface area contributed by atoms with Crippen molar-refractivity contribution in [2.24, 2.45) is 0 Å². The summed E-state index contributed by atoms with van der Waals surface area (Å²) in [4.78, 5) is 0. The summed E-state index contributed by atoms with van der Waals surface area (Å²) in [6.07, 6.45) is 0. The zero-order chi connectivity index (χ0) is 0. The largest absolute Gasteiger partial charge is 0.693 e. The molecule has 0 aliphatic carbocycles. The second-order valence-corrected chi connectivity index (χ2v) is 0. The van der Waals surface area contributed by atoms with Gasteiger partial charge in [-0.15, -0.1) is 0 Å². The van der Waals surface area contributed by atoms with Crippen LogP contribution in [0, 0.1) is 0 Å². The molecule has 0 heterocycles. The molecule has 0 aliphatic rings. The third-order valence-electron chi connectivity index (χ3n) is 0. The quantitative estimate of drug-likeness (QED) is 0.414. The molecule has 0 aromatic rings. The van der Waals surface area contributed by atoms with Gasteiger partial charge in [-0.3, -0.25) is 0 Å². The minimum atomic E-state index is 0. The average Bonchev–Trinajstić information content (AvgIpc) is 0. The van der Waals surface area contributed by atoms with Crippen LogP contribution in [-0.4, -0.2) is 0 Å². The summed E-state index contributed by atoms with van der Waals surface area (Å²) in [7, 11) is 0. The summed E-state index contributed by atoms with van der Waals surface area (Å²) in [6.45, 7) is 0. The van der Waals surface area contributed by atoms with Gasteiger partial charge in [0, 0.05) is 17.1 Å². The minimum Gasteiger partial charge on any atom is -0.693 e. The van der Waals surface area contributed by atoms with Crippen LogP contribution in [0.3, 0.4) is 0 Å². The van der Waals surface area contributed by atoms with E-state index < -0.39 is 0 Å². The normalized spacial score (nSPS) is 0. The van der Waals surface area contributed by atoms with Gasteiger partial charge in [-0.25, -0.2) is 0 Å². The molecule has 9 heteroatoms. The van der Waals surface area contributed by atoms with Gasteiger partial charge in [0.1, 0.15) is 0 Å². The molecule has 0 fully saturated rings. The smallest absolute Gasteiger partial charge is 0 e. The van der Waals surface area contributed by atoms with Crippen LogP contribution in [0.1, 0.15) is 0 Å². The van der Waals surface area contributed by atoms with E-state index >= 15 is 0 Å². The summed E-state index contributed by atoms with van der Waals surface area (Å²) >= 11 is 0. The third kappa shape index (κ3) is 7920. The maximum Gasteiger partial charge on any atom is 0 e. The molecule has 9 heavy (non-hydrogen) atoms. The van der Waals surface area contributed by atoms with Crippen molar-refractivity contribution in [2.45, 2.75) is 0 Å². The molecule has 0 atom stereocenters. The molecule has 1 radical (unpaired) electrons. The number of nitrogens with two attached hydrogens (primary N) is 8. The van der Waals surface area contributed by atoms with E-state index in [9.17, 15) is 0 Å². The zero-order valence-electron chi connectivity index (χ0n) is 4.92. The van der Waals surface area contributed by atoms with Gasteiger partial charge in [0.25, 0.3) is 0 Å². The zero-order valence-corrected chi connectivity index (χ0v) is 5.86. The van der Waals surface area contributed by atoms with Gasteiger partial charge < -0.3 is 49.2 Å². The molecule has 8 nitrogen and oxygen atoms in total. The first kappa shape index (κ1) is 15500. The van der Waals surface area contributed by atoms with Gasteiger partial charge in [0.05, 0.1) is 0 Å². The Balaban J connectivity index is 0. The second kappa shape index (κ2) is 10700. The Morgan fingerprint density at radius 2 is 0.222 bits per heavy atom. The molecule has 16 N–H and O–H groups in total. The van der Waals surface area contributed by atoms with Gasteiger partial charge in [-0.05, 0) is 0 Å². The topological polar surface area (TPSA) is 268 Å². The van der Waals surface area contributed by atoms with Crippen molar-refractivity contribution in [1.29, 1.82) is 0 Å². The van der Waals surface area contributed by atoms with Crippen LogP contribution >= 0.6 is 0 Å². The van der Waals surface area contributed by atoms with Gasteiger partial charge in [-0.2, -0.15) is 0 Å². The van der Waals surface area contributed by atoms with E-state index in [4.69, 9.17) is 0 Å². The van der Waals surface area contributed by atoms with E-state index in [2.05, 4.69) is 0 Å². The predicted octanol–water partition coefficient (Wildman–Crippen LogP) is 5.73. The molecule has 0 aliphatic heterocycles. The summed E-state index contributed by atoms with van der Waals surface area (Å²) < 4.78 is 0. The molecule has 75 valence electrons. The number of hydrogen-bond donors (Lipinski definition) is 0. The Hall–Kier alpha value is 0.199. The Labute approximate surface area is 67.1 Å². The molecule has 0 saturated heterocycles. The molecule has 0 saturated carbocycles. The first-order chi connectivity index (χ1) is 0. The van der Waals surface area contributed by atoms with Crippen LogP contribution < -0.4 is 0 Å². The molecule has 0 spiro atoms. The maximum atomic E-state index is 0. The van der Waals surface area contributed by atoms with Crippen LogP contribution in [0.15, 0.2) is 0 Å². The summed E-state index contributed by atoms with van der Waals surface area (Å²) in [5, 5.41) is 0. The van der Waals surface area contributed by atoms with E-state index in [0.29, 0.717) is 0 Å². The van der Waals surface area contributed by atoms with Crippen LogP contribution in [0.4, 0.5) is 0 Å². The molecule has 0 amide bonds. The fourth-order valence-corrected chi connectivity index (χ4v) is 0. The number of hydrogen-bond acceptors (Lipinski definition) is 0.